The van der Waals surface area contributed by atoms with E-state index in [1.54, 1.807) is 12.3 Å². The molecule has 1 N–H and O–H groups in total. The number of carbonyl (C=O) groups excluding carboxylic acids is 1. The highest BCUT2D eigenvalue weighted by atomic mass is 19.2. The monoisotopic (exact) mass is 467 g/mol. The van der Waals surface area contributed by atoms with Crippen molar-refractivity contribution in [3.8, 4) is 0 Å². The van der Waals surface area contributed by atoms with E-state index in [0.717, 1.165) is 41.2 Å². The van der Waals surface area contributed by atoms with E-state index in [9.17, 15) is 23.5 Å². The van der Waals surface area contributed by atoms with E-state index in [-0.39, 0.29) is 17.7 Å². The van der Waals surface area contributed by atoms with Crippen LogP contribution in [0.5, 0.6) is 0 Å². The van der Waals surface area contributed by atoms with Gasteiger partial charge in [-0.1, -0.05) is 6.07 Å². The van der Waals surface area contributed by atoms with Gasteiger partial charge in [0.2, 0.25) is 5.91 Å². The molecule has 34 heavy (non-hydrogen) atoms. The number of nitrogens with zero attached hydrogens (tertiary/aromatic N) is 3. The highest BCUT2D eigenvalue weighted by Crippen LogP contribution is 2.34. The van der Waals surface area contributed by atoms with Crippen LogP contribution in [0.15, 0.2) is 36.5 Å². The number of carboxylic acid groups (broad SMARTS) is 1. The zero-order valence-electron chi connectivity index (χ0n) is 18.8. The van der Waals surface area contributed by atoms with Gasteiger partial charge in [-0.25, -0.2) is 13.8 Å². The molecule has 8 heteroatoms. The number of hydrogen-bond acceptors (Lipinski definition) is 3. The number of carbonyl (C=O) groups is 2. The summed E-state index contributed by atoms with van der Waals surface area (Å²) in [6.07, 6.45) is 5.65. The second kappa shape index (κ2) is 9.16. The normalized spacial score (nSPS) is 20.4. The standard InChI is InChI=1S/C26H27F2N3O3/c27-21-8-5-17(12-22(21)28)14-31-23-15-30(11-9-19(23)20-2-1-10-29-25(20)31)24(32)13-16-3-6-18(7-4-16)26(33)34/h1-2,5,8,10,12,16,18H,3-4,6-7,9,11,13-15H2,(H,33,34). The molecule has 1 aliphatic carbocycles. The fourth-order valence-corrected chi connectivity index (χ4v) is 5.45. The summed E-state index contributed by atoms with van der Waals surface area (Å²) in [7, 11) is 0. The molecule has 0 unspecified atom stereocenters. The number of carboxylic acids is 1. The van der Waals surface area contributed by atoms with Gasteiger partial charge in [0.05, 0.1) is 12.5 Å². The molecule has 3 heterocycles. The first-order valence-electron chi connectivity index (χ1n) is 11.8. The van der Waals surface area contributed by atoms with E-state index in [2.05, 4.69) is 4.98 Å². The van der Waals surface area contributed by atoms with E-state index < -0.39 is 17.6 Å². The molecule has 1 amide bonds. The van der Waals surface area contributed by atoms with Gasteiger partial charge >= 0.3 is 5.97 Å². The Kier molecular flexibility index (Phi) is 6.06. The largest absolute Gasteiger partial charge is 0.481 e. The highest BCUT2D eigenvalue weighted by molar-refractivity contribution is 5.84. The number of aliphatic carboxylic acids is 1. The van der Waals surface area contributed by atoms with Crippen molar-refractivity contribution < 1.29 is 23.5 Å². The van der Waals surface area contributed by atoms with Crippen LogP contribution in [-0.2, 0) is 29.1 Å². The molecule has 0 spiro atoms. The first-order chi connectivity index (χ1) is 16.4. The molecule has 1 aromatic carbocycles. The lowest BCUT2D eigenvalue weighted by Gasteiger charge is -2.31. The summed E-state index contributed by atoms with van der Waals surface area (Å²) >= 11 is 0. The minimum Gasteiger partial charge on any atom is -0.481 e. The van der Waals surface area contributed by atoms with Gasteiger partial charge in [0.15, 0.2) is 11.6 Å². The lowest BCUT2D eigenvalue weighted by Crippen LogP contribution is -2.38. The van der Waals surface area contributed by atoms with Crippen LogP contribution in [-0.4, -0.2) is 38.0 Å². The van der Waals surface area contributed by atoms with Crippen molar-refractivity contribution in [2.45, 2.75) is 51.6 Å². The number of hydrogen-bond donors (Lipinski definition) is 1. The van der Waals surface area contributed by atoms with E-state index in [1.165, 1.54) is 6.07 Å². The topological polar surface area (TPSA) is 75.4 Å². The summed E-state index contributed by atoms with van der Waals surface area (Å²) in [5.74, 6) is -2.49. The fourth-order valence-electron chi connectivity index (χ4n) is 5.45. The number of rotatable bonds is 5. The smallest absolute Gasteiger partial charge is 0.306 e. The summed E-state index contributed by atoms with van der Waals surface area (Å²) in [6.45, 7) is 1.40. The lowest BCUT2D eigenvalue weighted by atomic mass is 9.80. The van der Waals surface area contributed by atoms with Gasteiger partial charge in [-0.05, 0) is 73.4 Å². The molecule has 6 nitrogen and oxygen atoms in total. The molecule has 1 saturated carbocycles. The van der Waals surface area contributed by atoms with Crippen molar-refractivity contribution in [3.63, 3.8) is 0 Å². The van der Waals surface area contributed by atoms with Crippen LogP contribution in [0.1, 0.15) is 48.9 Å². The number of pyridine rings is 1. The maximum Gasteiger partial charge on any atom is 0.306 e. The molecular formula is C26H27F2N3O3. The van der Waals surface area contributed by atoms with Gasteiger partial charge in [0, 0.05) is 36.8 Å². The second-order valence-electron chi connectivity index (χ2n) is 9.46. The van der Waals surface area contributed by atoms with Crippen LogP contribution >= 0.6 is 0 Å². The first-order valence-corrected chi connectivity index (χ1v) is 11.8. The highest BCUT2D eigenvalue weighted by Gasteiger charge is 2.31. The Labute approximate surface area is 196 Å². The van der Waals surface area contributed by atoms with Crippen LogP contribution in [0.4, 0.5) is 8.78 Å². The first kappa shape index (κ1) is 22.5. The SMILES string of the molecule is O=C(O)C1CCC(CC(=O)N2CCc3c(n(Cc4ccc(F)c(F)c4)c4ncccc34)C2)CC1. The molecule has 1 aliphatic heterocycles. The van der Waals surface area contributed by atoms with Crippen molar-refractivity contribution >= 4 is 22.9 Å². The van der Waals surface area contributed by atoms with Crippen molar-refractivity contribution in [2.24, 2.45) is 11.8 Å². The van der Waals surface area contributed by atoms with Crippen LogP contribution in [0.25, 0.3) is 11.0 Å². The summed E-state index contributed by atoms with van der Waals surface area (Å²) in [4.78, 5) is 30.8. The number of amides is 1. The molecule has 3 aromatic rings. The summed E-state index contributed by atoms with van der Waals surface area (Å²) in [5, 5.41) is 10.2. The number of benzene rings is 1. The number of aromatic nitrogens is 2. The fraction of sp³-hybridized carbons (Fsp3) is 0.423. The third-order valence-electron chi connectivity index (χ3n) is 7.35. The van der Waals surface area contributed by atoms with Crippen molar-refractivity contribution in [1.82, 2.24) is 14.5 Å². The zero-order valence-corrected chi connectivity index (χ0v) is 18.8. The molecule has 0 radical (unpaired) electrons. The number of fused-ring (bicyclic) bond motifs is 3. The van der Waals surface area contributed by atoms with Gasteiger partial charge in [-0.2, -0.15) is 0 Å². The van der Waals surface area contributed by atoms with Crippen molar-refractivity contribution in [3.05, 3.63) is 65.0 Å². The molecule has 5 rings (SSSR count). The quantitative estimate of drug-likeness (QED) is 0.598. The third kappa shape index (κ3) is 4.29. The van der Waals surface area contributed by atoms with E-state index in [0.29, 0.717) is 50.9 Å². The summed E-state index contributed by atoms with van der Waals surface area (Å²) < 4.78 is 29.3. The van der Waals surface area contributed by atoms with Gasteiger partial charge in [0.25, 0.3) is 0 Å². The average Bonchev–Trinajstić information content (AvgIpc) is 3.15. The van der Waals surface area contributed by atoms with Crippen LogP contribution < -0.4 is 0 Å². The Morgan fingerprint density at radius 3 is 2.62 bits per heavy atom. The Morgan fingerprint density at radius 2 is 1.88 bits per heavy atom. The van der Waals surface area contributed by atoms with Gasteiger partial charge < -0.3 is 14.6 Å². The minimum atomic E-state index is -0.884. The Balaban J connectivity index is 1.36. The van der Waals surface area contributed by atoms with Crippen LogP contribution in [0.3, 0.4) is 0 Å². The van der Waals surface area contributed by atoms with E-state index in [4.69, 9.17) is 0 Å². The predicted octanol–water partition coefficient (Wildman–Crippen LogP) is 4.53. The minimum absolute atomic E-state index is 0.0852. The van der Waals surface area contributed by atoms with Gasteiger partial charge in [-0.15, -0.1) is 0 Å². The predicted molar refractivity (Wildman–Crippen MR) is 122 cm³/mol. The van der Waals surface area contributed by atoms with E-state index >= 15 is 0 Å². The molecule has 2 aromatic heterocycles. The van der Waals surface area contributed by atoms with Gasteiger partial charge in [0.1, 0.15) is 5.65 Å². The molecule has 0 bridgehead atoms. The average molecular weight is 468 g/mol. The molecule has 0 atom stereocenters. The third-order valence-corrected chi connectivity index (χ3v) is 7.35. The van der Waals surface area contributed by atoms with Gasteiger partial charge in [-0.3, -0.25) is 9.59 Å². The Bertz CT molecular complexity index is 1250. The number of halogens is 2. The van der Waals surface area contributed by atoms with Crippen molar-refractivity contribution in [1.29, 1.82) is 0 Å². The summed E-state index contributed by atoms with van der Waals surface area (Å²) in [5.41, 5.74) is 3.53. The van der Waals surface area contributed by atoms with Crippen molar-refractivity contribution in [2.75, 3.05) is 6.54 Å². The lowest BCUT2D eigenvalue weighted by molar-refractivity contribution is -0.143. The molecule has 0 saturated heterocycles. The molecule has 1 fully saturated rings. The summed E-state index contributed by atoms with van der Waals surface area (Å²) in [6, 6.07) is 7.80. The maximum atomic E-state index is 13.8. The maximum absolute atomic E-state index is 13.8. The zero-order chi connectivity index (χ0) is 23.8. The Hall–Kier alpha value is -3.29. The molecule has 178 valence electrons. The second-order valence-corrected chi connectivity index (χ2v) is 9.46. The molecule has 2 aliphatic rings. The van der Waals surface area contributed by atoms with Crippen LogP contribution in [0.2, 0.25) is 0 Å². The van der Waals surface area contributed by atoms with Crippen LogP contribution in [0, 0.1) is 23.5 Å². The molecular weight excluding hydrogens is 440 g/mol. The Morgan fingerprint density at radius 1 is 1.09 bits per heavy atom. The van der Waals surface area contributed by atoms with E-state index in [1.807, 2.05) is 21.6 Å².